The van der Waals surface area contributed by atoms with E-state index in [1.165, 1.54) is 24.3 Å². The van der Waals surface area contributed by atoms with Gasteiger partial charge in [0.15, 0.2) is 0 Å². The summed E-state index contributed by atoms with van der Waals surface area (Å²) in [5.74, 6) is -0.146. The average molecular weight is 194 g/mol. The lowest BCUT2D eigenvalue weighted by Gasteiger charge is -2.13. The fourth-order valence-electron chi connectivity index (χ4n) is 0.685. The fraction of sp³-hybridized carbons (Fsp3) is 0.250. The molecular formula is C8H6F4O. The summed E-state index contributed by atoms with van der Waals surface area (Å²) in [4.78, 5) is 0. The number of benzene rings is 1. The normalized spacial score (nSPS) is 13.8. The second-order valence-corrected chi connectivity index (χ2v) is 2.29. The molecule has 1 aromatic rings. The molecule has 0 aliphatic rings. The van der Waals surface area contributed by atoms with Crippen molar-refractivity contribution in [2.45, 2.75) is 12.5 Å². The zero-order valence-corrected chi connectivity index (χ0v) is 6.38. The molecule has 0 fully saturated rings. The van der Waals surface area contributed by atoms with Crippen LogP contribution < -0.4 is 4.74 Å². The van der Waals surface area contributed by atoms with Gasteiger partial charge in [-0.1, -0.05) is 18.2 Å². The van der Waals surface area contributed by atoms with Crippen LogP contribution in [0.5, 0.6) is 5.75 Å². The van der Waals surface area contributed by atoms with E-state index in [1.54, 1.807) is 6.07 Å². The van der Waals surface area contributed by atoms with Gasteiger partial charge in [-0.15, -0.1) is 0 Å². The monoisotopic (exact) mass is 194 g/mol. The van der Waals surface area contributed by atoms with Crippen LogP contribution >= 0.6 is 0 Å². The predicted octanol–water partition coefficient (Wildman–Crippen LogP) is 2.92. The zero-order valence-electron chi connectivity index (χ0n) is 6.38. The number of hydrogen-bond donors (Lipinski definition) is 0. The second kappa shape index (κ2) is 3.64. The molecule has 1 unspecified atom stereocenters. The molecule has 0 amide bonds. The lowest BCUT2D eigenvalue weighted by atomic mass is 10.3. The van der Waals surface area contributed by atoms with Gasteiger partial charge in [0.1, 0.15) is 5.75 Å². The lowest BCUT2D eigenvalue weighted by Crippen LogP contribution is -2.29. The largest absolute Gasteiger partial charge is 0.457 e. The Labute approximate surface area is 71.9 Å². The van der Waals surface area contributed by atoms with Gasteiger partial charge in [-0.05, 0) is 12.1 Å². The molecule has 13 heavy (non-hydrogen) atoms. The molecule has 0 aromatic heterocycles. The molecule has 1 aromatic carbocycles. The Morgan fingerprint density at radius 2 is 1.62 bits per heavy atom. The van der Waals surface area contributed by atoms with Crippen LogP contribution in [0.3, 0.4) is 0 Å². The van der Waals surface area contributed by atoms with E-state index < -0.39 is 12.5 Å². The molecule has 0 heterocycles. The Hall–Kier alpha value is -1.26. The Balaban J connectivity index is 2.61. The van der Waals surface area contributed by atoms with E-state index in [1.807, 2.05) is 0 Å². The van der Waals surface area contributed by atoms with Crippen LogP contribution in [0.4, 0.5) is 17.6 Å². The highest BCUT2D eigenvalue weighted by molar-refractivity contribution is 5.21. The van der Waals surface area contributed by atoms with E-state index in [2.05, 4.69) is 4.74 Å². The molecule has 72 valence electrons. The Bertz CT molecular complexity index is 257. The first kappa shape index (κ1) is 9.83. The number of ether oxygens (including phenoxy) is 1. The summed E-state index contributed by atoms with van der Waals surface area (Å²) < 4.78 is 51.1. The zero-order chi connectivity index (χ0) is 9.90. The third-order valence-corrected chi connectivity index (χ3v) is 1.24. The first-order chi connectivity index (χ1) is 6.00. The van der Waals surface area contributed by atoms with E-state index in [-0.39, 0.29) is 5.75 Å². The van der Waals surface area contributed by atoms with Crippen LogP contribution in [0.2, 0.25) is 0 Å². The van der Waals surface area contributed by atoms with Gasteiger partial charge in [-0.2, -0.15) is 17.6 Å². The summed E-state index contributed by atoms with van der Waals surface area (Å²) in [7, 11) is 0. The van der Waals surface area contributed by atoms with Crippen LogP contribution in [0.15, 0.2) is 30.3 Å². The summed E-state index contributed by atoms with van der Waals surface area (Å²) >= 11 is 0. The standard InChI is InChI=1S/C8H6F4O/c9-7(8(10,11)12)13-6-4-2-1-3-5-6/h1-5,7H. The molecule has 1 atom stereocenters. The molecule has 0 aliphatic carbocycles. The van der Waals surface area contributed by atoms with E-state index in [0.717, 1.165) is 0 Å². The van der Waals surface area contributed by atoms with Crippen molar-refractivity contribution in [1.82, 2.24) is 0 Å². The van der Waals surface area contributed by atoms with Crippen molar-refractivity contribution in [1.29, 1.82) is 0 Å². The Kier molecular flexibility index (Phi) is 2.75. The van der Waals surface area contributed by atoms with Crippen molar-refractivity contribution in [3.05, 3.63) is 30.3 Å². The minimum Gasteiger partial charge on any atom is -0.452 e. The Morgan fingerprint density at radius 3 is 2.08 bits per heavy atom. The van der Waals surface area contributed by atoms with Gasteiger partial charge >= 0.3 is 12.5 Å². The smallest absolute Gasteiger partial charge is 0.452 e. The van der Waals surface area contributed by atoms with Gasteiger partial charge in [0.25, 0.3) is 0 Å². The van der Waals surface area contributed by atoms with Crippen molar-refractivity contribution in [2.24, 2.45) is 0 Å². The summed E-state index contributed by atoms with van der Waals surface area (Å²) in [6, 6.07) is 7.00. The maximum atomic E-state index is 12.2. The molecule has 0 saturated carbocycles. The average Bonchev–Trinajstić information content (AvgIpc) is 2.04. The van der Waals surface area contributed by atoms with Gasteiger partial charge in [0.05, 0.1) is 0 Å². The first-order valence-corrected chi connectivity index (χ1v) is 3.42. The SMILES string of the molecule is FC(Oc1ccccc1)C(F)(F)F. The third-order valence-electron chi connectivity index (χ3n) is 1.24. The summed E-state index contributed by atoms with van der Waals surface area (Å²) in [6.45, 7) is 0. The summed E-state index contributed by atoms with van der Waals surface area (Å²) in [6.07, 6.45) is -8.24. The molecular weight excluding hydrogens is 188 g/mol. The molecule has 0 spiro atoms. The third kappa shape index (κ3) is 2.93. The van der Waals surface area contributed by atoms with E-state index >= 15 is 0 Å². The summed E-state index contributed by atoms with van der Waals surface area (Å²) in [5, 5.41) is 0. The Morgan fingerprint density at radius 1 is 1.08 bits per heavy atom. The highest BCUT2D eigenvalue weighted by Gasteiger charge is 2.42. The molecule has 0 radical (unpaired) electrons. The number of halogens is 4. The molecule has 1 rings (SSSR count). The van der Waals surface area contributed by atoms with E-state index in [0.29, 0.717) is 0 Å². The summed E-state index contributed by atoms with van der Waals surface area (Å²) in [5.41, 5.74) is 0. The highest BCUT2D eigenvalue weighted by atomic mass is 19.4. The quantitative estimate of drug-likeness (QED) is 0.657. The fourth-order valence-corrected chi connectivity index (χ4v) is 0.685. The van der Waals surface area contributed by atoms with Gasteiger partial charge < -0.3 is 4.74 Å². The highest BCUT2D eigenvalue weighted by Crippen LogP contribution is 2.25. The van der Waals surface area contributed by atoms with Crippen molar-refractivity contribution in [3.8, 4) is 5.75 Å². The predicted molar refractivity (Wildman–Crippen MR) is 38.0 cm³/mol. The minimum atomic E-state index is -4.98. The number of hydrogen-bond acceptors (Lipinski definition) is 1. The molecule has 5 heteroatoms. The van der Waals surface area contributed by atoms with Gasteiger partial charge in [0.2, 0.25) is 0 Å². The van der Waals surface area contributed by atoms with Crippen LogP contribution in [0.1, 0.15) is 0 Å². The van der Waals surface area contributed by atoms with Crippen molar-refractivity contribution >= 4 is 0 Å². The second-order valence-electron chi connectivity index (χ2n) is 2.29. The number of para-hydroxylation sites is 1. The van der Waals surface area contributed by atoms with Crippen molar-refractivity contribution in [3.63, 3.8) is 0 Å². The van der Waals surface area contributed by atoms with Crippen molar-refractivity contribution in [2.75, 3.05) is 0 Å². The first-order valence-electron chi connectivity index (χ1n) is 3.42. The topological polar surface area (TPSA) is 9.23 Å². The van der Waals surface area contributed by atoms with E-state index in [4.69, 9.17) is 0 Å². The van der Waals surface area contributed by atoms with E-state index in [9.17, 15) is 17.6 Å². The lowest BCUT2D eigenvalue weighted by molar-refractivity contribution is -0.236. The van der Waals surface area contributed by atoms with Gasteiger partial charge in [-0.3, -0.25) is 0 Å². The molecule has 1 nitrogen and oxygen atoms in total. The minimum absolute atomic E-state index is 0.146. The maximum Gasteiger partial charge on any atom is 0.457 e. The van der Waals surface area contributed by atoms with Crippen LogP contribution in [0, 0.1) is 0 Å². The van der Waals surface area contributed by atoms with Crippen LogP contribution in [-0.4, -0.2) is 12.5 Å². The van der Waals surface area contributed by atoms with Gasteiger partial charge in [0, 0.05) is 0 Å². The van der Waals surface area contributed by atoms with Crippen LogP contribution in [0.25, 0.3) is 0 Å². The van der Waals surface area contributed by atoms with Crippen molar-refractivity contribution < 1.29 is 22.3 Å². The molecule has 0 aliphatic heterocycles. The van der Waals surface area contributed by atoms with Crippen LogP contribution in [-0.2, 0) is 0 Å². The number of rotatable bonds is 2. The van der Waals surface area contributed by atoms with Gasteiger partial charge in [-0.25, -0.2) is 0 Å². The molecule has 0 N–H and O–H groups in total. The number of alkyl halides is 4. The molecule has 0 bridgehead atoms. The maximum absolute atomic E-state index is 12.2. The molecule has 0 saturated heterocycles.